The van der Waals surface area contributed by atoms with Gasteiger partial charge in [0.1, 0.15) is 13.2 Å². The Morgan fingerprint density at radius 1 is 0.245 bits per heavy atom. The molecule has 0 aliphatic heterocycles. The third-order valence-corrected chi connectivity index (χ3v) is 18.2. The number of nitrogens with zero attached hydrogens (tertiary/aromatic N) is 4. The normalized spacial score (nSPS) is 11.6. The van der Waals surface area contributed by atoms with Gasteiger partial charge in [0.15, 0.2) is 0 Å². The van der Waals surface area contributed by atoms with Gasteiger partial charge < -0.3 is 41.0 Å². The zero-order chi connectivity index (χ0) is 68.7. The molecule has 0 bridgehead atoms. The molecule has 18 heteroatoms. The van der Waals surface area contributed by atoms with E-state index in [4.69, 9.17) is 9.47 Å². The van der Waals surface area contributed by atoms with Crippen LogP contribution in [0, 0.1) is 0 Å². The summed E-state index contributed by atoms with van der Waals surface area (Å²) in [5.41, 5.74) is 0. The fourth-order valence-electron chi connectivity index (χ4n) is 11.9. The Balaban J connectivity index is 5.19. The molecule has 0 saturated heterocycles. The molecule has 0 aromatic carbocycles. The number of hydrogen-bond donors (Lipinski definition) is 6. The zero-order valence-corrected chi connectivity index (χ0v) is 61.6. The van der Waals surface area contributed by atoms with Crippen LogP contribution in [0.15, 0.2) is 0 Å². The van der Waals surface area contributed by atoms with Gasteiger partial charge in [-0.05, 0) is 25.7 Å². The first-order valence-electron chi connectivity index (χ1n) is 39.5. The number of aliphatic hydroxyl groups excluding tert-OH is 2. The number of carbonyl (C=O) groups is 6. The maximum absolute atomic E-state index is 13.1. The van der Waals surface area contributed by atoms with E-state index in [-0.39, 0.29) is 74.8 Å². The van der Waals surface area contributed by atoms with Gasteiger partial charge in [-0.25, -0.2) is 0 Å². The second-order valence-electron chi connectivity index (χ2n) is 26.9. The molecule has 554 valence electrons. The van der Waals surface area contributed by atoms with E-state index in [0.29, 0.717) is 130 Å². The topological polar surface area (TPSA) is 222 Å². The summed E-state index contributed by atoms with van der Waals surface area (Å²) in [6.07, 6.45) is 50.8. The van der Waals surface area contributed by atoms with Crippen molar-refractivity contribution in [2.45, 2.75) is 323 Å². The number of hydrogen-bond acceptors (Lipinski definition) is 14. The SMILES string of the molecule is CCCCCCCCCCCCNC(=O)CCN(CCOC(=O)CCN(CCO)CCN(CCO)CCC(=O)OCCN(CCC(=O)NCCCCCCCCCCCC)CCC(=O)NCCCCCCCCCCCC)CCC(=O)NCCCCCCCCCCCC. The minimum atomic E-state index is -0.384. The fourth-order valence-corrected chi connectivity index (χ4v) is 11.9. The van der Waals surface area contributed by atoms with Crippen LogP contribution in [-0.2, 0) is 38.2 Å². The number of amides is 4. The van der Waals surface area contributed by atoms with E-state index in [0.717, 1.165) is 51.4 Å². The summed E-state index contributed by atoms with van der Waals surface area (Å²) in [4.78, 5) is 86.0. The predicted octanol–water partition coefficient (Wildman–Crippen LogP) is 13.8. The number of nitrogens with one attached hydrogen (secondary N) is 4. The molecule has 6 N–H and O–H groups in total. The van der Waals surface area contributed by atoms with E-state index in [1.807, 2.05) is 19.6 Å². The summed E-state index contributed by atoms with van der Waals surface area (Å²) in [7, 11) is 0. The first-order chi connectivity index (χ1) is 46.0. The summed E-state index contributed by atoms with van der Waals surface area (Å²) in [5.74, 6) is -0.841. The molecule has 0 rings (SSSR count). The molecule has 0 fully saturated rings. The van der Waals surface area contributed by atoms with E-state index >= 15 is 0 Å². The predicted molar refractivity (Wildman–Crippen MR) is 389 cm³/mol. The van der Waals surface area contributed by atoms with E-state index in [9.17, 15) is 39.0 Å². The van der Waals surface area contributed by atoms with Crippen LogP contribution in [0.5, 0.6) is 0 Å². The largest absolute Gasteiger partial charge is 0.464 e. The lowest BCUT2D eigenvalue weighted by Crippen LogP contribution is -2.40. The first kappa shape index (κ1) is 90.6. The Morgan fingerprint density at radius 3 is 0.649 bits per heavy atom. The van der Waals surface area contributed by atoms with Gasteiger partial charge in [-0.1, -0.05) is 259 Å². The Kier molecular flexibility index (Phi) is 69.7. The van der Waals surface area contributed by atoms with Crippen molar-refractivity contribution in [3.05, 3.63) is 0 Å². The molecular formula is C76H150N8O10. The number of esters is 2. The van der Waals surface area contributed by atoms with Crippen molar-refractivity contribution in [3.8, 4) is 0 Å². The summed E-state index contributed by atoms with van der Waals surface area (Å²) in [6, 6.07) is 0. The van der Waals surface area contributed by atoms with Crippen molar-refractivity contribution in [3.63, 3.8) is 0 Å². The van der Waals surface area contributed by atoms with Crippen LogP contribution in [-0.4, -0.2) is 197 Å². The van der Waals surface area contributed by atoms with Crippen molar-refractivity contribution >= 4 is 35.6 Å². The van der Waals surface area contributed by atoms with Gasteiger partial charge in [0.25, 0.3) is 0 Å². The second-order valence-corrected chi connectivity index (χ2v) is 26.9. The highest BCUT2D eigenvalue weighted by molar-refractivity contribution is 5.77. The smallest absolute Gasteiger partial charge is 0.307 e. The Hall–Kier alpha value is -3.42. The zero-order valence-electron chi connectivity index (χ0n) is 61.6. The lowest BCUT2D eigenvalue weighted by atomic mass is 10.1. The Morgan fingerprint density at radius 2 is 0.436 bits per heavy atom. The molecule has 0 aromatic heterocycles. The highest BCUT2D eigenvalue weighted by Crippen LogP contribution is 2.15. The van der Waals surface area contributed by atoms with Crippen LogP contribution in [0.3, 0.4) is 0 Å². The average molecular weight is 1340 g/mol. The lowest BCUT2D eigenvalue weighted by molar-refractivity contribution is -0.145. The summed E-state index contributed by atoms with van der Waals surface area (Å²) in [6.45, 7) is 16.5. The van der Waals surface area contributed by atoms with Crippen LogP contribution in [0.4, 0.5) is 0 Å². The van der Waals surface area contributed by atoms with Gasteiger partial charge in [-0.2, -0.15) is 0 Å². The third-order valence-electron chi connectivity index (χ3n) is 18.2. The van der Waals surface area contributed by atoms with E-state index in [2.05, 4.69) is 49.0 Å². The molecule has 0 heterocycles. The van der Waals surface area contributed by atoms with Crippen molar-refractivity contribution in [1.82, 2.24) is 40.9 Å². The Labute approximate surface area is 576 Å². The molecule has 0 radical (unpaired) electrons. The second kappa shape index (κ2) is 72.3. The van der Waals surface area contributed by atoms with Crippen LogP contribution in [0.25, 0.3) is 0 Å². The van der Waals surface area contributed by atoms with Crippen molar-refractivity contribution < 1.29 is 48.5 Å². The molecule has 0 spiro atoms. The van der Waals surface area contributed by atoms with Crippen molar-refractivity contribution in [2.75, 3.05) is 131 Å². The van der Waals surface area contributed by atoms with Crippen molar-refractivity contribution in [2.24, 2.45) is 0 Å². The molecule has 4 amide bonds. The van der Waals surface area contributed by atoms with Gasteiger partial charge in [-0.3, -0.25) is 48.4 Å². The molecule has 0 aromatic rings. The molecule has 94 heavy (non-hydrogen) atoms. The number of unbranched alkanes of at least 4 members (excludes halogenated alkanes) is 36. The lowest BCUT2D eigenvalue weighted by Gasteiger charge is -2.27. The molecule has 18 nitrogen and oxygen atoms in total. The van der Waals surface area contributed by atoms with Gasteiger partial charge in [0.2, 0.25) is 23.6 Å². The van der Waals surface area contributed by atoms with Gasteiger partial charge in [-0.15, -0.1) is 0 Å². The van der Waals surface area contributed by atoms with Gasteiger partial charge in [0, 0.05) is 130 Å². The Bertz CT molecular complexity index is 1510. The van der Waals surface area contributed by atoms with Gasteiger partial charge in [0.05, 0.1) is 26.1 Å². The van der Waals surface area contributed by atoms with Crippen LogP contribution < -0.4 is 21.3 Å². The number of aliphatic hydroxyl groups is 2. The monoisotopic (exact) mass is 1340 g/mol. The maximum atomic E-state index is 13.1. The van der Waals surface area contributed by atoms with Crippen LogP contribution >= 0.6 is 0 Å². The number of rotatable bonds is 75. The van der Waals surface area contributed by atoms with E-state index in [1.165, 1.54) is 205 Å². The first-order valence-corrected chi connectivity index (χ1v) is 39.5. The summed E-state index contributed by atoms with van der Waals surface area (Å²) < 4.78 is 11.4. The standard InChI is InChI=1S/C76H150N8O10/c1-5-9-13-17-21-25-29-33-37-41-51-77-71(87)45-55-81(56-46-72(88)78-52-42-38-34-30-26-22-18-14-10-6-2)65-69-93-75(91)49-59-83(63-67-85)61-62-84(64-68-86)60-50-76(92)94-70-66-82(57-47-73(89)79-53-43-39-35-31-27-23-19-15-11-7-3)58-48-74(90)80-54-44-40-36-32-28-24-20-16-12-8-4/h85-86H,5-70H2,1-4H3,(H,77,87)(H,78,88)(H,79,89)(H,80,90). The molecule has 0 aliphatic carbocycles. The quantitative estimate of drug-likeness (QED) is 0.0246. The van der Waals surface area contributed by atoms with E-state index < -0.39 is 0 Å². The summed E-state index contributed by atoms with van der Waals surface area (Å²) in [5, 5.41) is 32.2. The number of ether oxygens (including phenoxy) is 2. The number of carbonyl (C=O) groups excluding carboxylic acids is 6. The molecule has 0 aliphatic rings. The van der Waals surface area contributed by atoms with E-state index in [1.54, 1.807) is 0 Å². The minimum Gasteiger partial charge on any atom is -0.464 e. The molecule has 0 atom stereocenters. The molecular weight excluding hydrogens is 1180 g/mol. The molecule has 0 unspecified atom stereocenters. The highest BCUT2D eigenvalue weighted by atomic mass is 16.5. The molecule has 0 saturated carbocycles. The van der Waals surface area contributed by atoms with Crippen molar-refractivity contribution in [1.29, 1.82) is 0 Å². The van der Waals surface area contributed by atoms with Gasteiger partial charge >= 0.3 is 11.9 Å². The summed E-state index contributed by atoms with van der Waals surface area (Å²) >= 11 is 0. The van der Waals surface area contributed by atoms with Crippen LogP contribution in [0.1, 0.15) is 323 Å². The van der Waals surface area contributed by atoms with Crippen LogP contribution in [0.2, 0.25) is 0 Å². The highest BCUT2D eigenvalue weighted by Gasteiger charge is 2.18. The minimum absolute atomic E-state index is 0.0184. The third kappa shape index (κ3) is 65.8. The average Bonchev–Trinajstić information content (AvgIpc) is 3.05. The maximum Gasteiger partial charge on any atom is 0.307 e. The fraction of sp³-hybridized carbons (Fsp3) is 0.921.